The summed E-state index contributed by atoms with van der Waals surface area (Å²) >= 11 is 0. The Morgan fingerprint density at radius 1 is 1.26 bits per heavy atom. The fourth-order valence-corrected chi connectivity index (χ4v) is 4.80. The number of hydrogen-bond acceptors (Lipinski definition) is 6. The van der Waals surface area contributed by atoms with Crippen LogP contribution < -0.4 is 10.7 Å². The topological polar surface area (TPSA) is 99.5 Å². The number of aromatic nitrogens is 2. The fourth-order valence-electron chi connectivity index (χ4n) is 3.26. The summed E-state index contributed by atoms with van der Waals surface area (Å²) in [6.07, 6.45) is 1.14. The lowest BCUT2D eigenvalue weighted by Crippen LogP contribution is -2.53. The second kappa shape index (κ2) is 6.46. The van der Waals surface area contributed by atoms with Gasteiger partial charge in [-0.2, -0.15) is 4.31 Å². The summed E-state index contributed by atoms with van der Waals surface area (Å²) in [6.45, 7) is 2.86. The lowest BCUT2D eigenvalue weighted by Gasteiger charge is -2.39. The van der Waals surface area contributed by atoms with Gasteiger partial charge in [0.25, 0.3) is 0 Å². The summed E-state index contributed by atoms with van der Waals surface area (Å²) in [5.74, 6) is -0.438. The molecule has 1 fully saturated rings. The maximum Gasteiger partial charge on any atom is 0.417 e. The first-order valence-electron chi connectivity index (χ1n) is 8.36. The number of aromatic amines is 1. The van der Waals surface area contributed by atoms with Gasteiger partial charge in [0.1, 0.15) is 11.6 Å². The Morgan fingerprint density at radius 3 is 2.78 bits per heavy atom. The summed E-state index contributed by atoms with van der Waals surface area (Å²) < 4.78 is 45.4. The van der Waals surface area contributed by atoms with E-state index < -0.39 is 21.6 Å². The van der Waals surface area contributed by atoms with Crippen molar-refractivity contribution in [2.75, 3.05) is 24.5 Å². The lowest BCUT2D eigenvalue weighted by molar-refractivity contribution is 0.341. The monoisotopic (exact) mass is 392 g/mol. The van der Waals surface area contributed by atoms with Crippen molar-refractivity contribution in [1.29, 1.82) is 0 Å². The van der Waals surface area contributed by atoms with Gasteiger partial charge < -0.3 is 9.32 Å². The van der Waals surface area contributed by atoms with Gasteiger partial charge in [-0.15, -0.1) is 0 Å². The van der Waals surface area contributed by atoms with E-state index in [1.807, 2.05) is 11.8 Å². The number of benzene rings is 1. The van der Waals surface area contributed by atoms with Crippen LogP contribution in [0.5, 0.6) is 0 Å². The second-order valence-corrected chi connectivity index (χ2v) is 8.35. The summed E-state index contributed by atoms with van der Waals surface area (Å²) in [6, 6.07) is 7.06. The molecule has 142 valence electrons. The molecule has 0 aliphatic carbocycles. The highest BCUT2D eigenvalue weighted by molar-refractivity contribution is 7.89. The number of nitrogens with zero attached hydrogens (tertiary/aromatic N) is 3. The maximum absolute atomic E-state index is 13.1. The number of sulfonamides is 1. The Labute approximate surface area is 154 Å². The smallest absolute Gasteiger partial charge is 0.408 e. The van der Waals surface area contributed by atoms with E-state index in [2.05, 4.69) is 9.97 Å². The van der Waals surface area contributed by atoms with Crippen LogP contribution in [0.25, 0.3) is 11.1 Å². The summed E-state index contributed by atoms with van der Waals surface area (Å²) in [4.78, 5) is 19.8. The minimum atomic E-state index is -3.73. The summed E-state index contributed by atoms with van der Waals surface area (Å²) in [5, 5.41) is 0. The molecule has 2 aromatic heterocycles. The van der Waals surface area contributed by atoms with Crippen molar-refractivity contribution >= 4 is 26.9 Å². The maximum atomic E-state index is 13.1. The van der Waals surface area contributed by atoms with Gasteiger partial charge in [-0.25, -0.2) is 22.6 Å². The Hall–Kier alpha value is -2.72. The number of rotatable bonds is 3. The zero-order valence-electron chi connectivity index (χ0n) is 14.4. The van der Waals surface area contributed by atoms with Crippen LogP contribution in [-0.2, 0) is 10.0 Å². The third-order valence-electron chi connectivity index (χ3n) is 4.62. The number of pyridine rings is 1. The van der Waals surface area contributed by atoms with Gasteiger partial charge in [0, 0.05) is 25.7 Å². The van der Waals surface area contributed by atoms with Crippen LogP contribution in [0.2, 0.25) is 0 Å². The number of anilines is 1. The average Bonchev–Trinajstić information content (AvgIpc) is 3.01. The first-order chi connectivity index (χ1) is 12.8. The number of halogens is 1. The van der Waals surface area contributed by atoms with E-state index in [0.717, 1.165) is 6.20 Å². The molecule has 1 aromatic carbocycles. The molecule has 1 atom stereocenters. The Kier molecular flexibility index (Phi) is 4.23. The number of hydrogen-bond donors (Lipinski definition) is 1. The zero-order chi connectivity index (χ0) is 19.2. The van der Waals surface area contributed by atoms with E-state index in [4.69, 9.17) is 4.42 Å². The molecular weight excluding hydrogens is 375 g/mol. The van der Waals surface area contributed by atoms with Crippen LogP contribution in [0, 0.1) is 5.82 Å². The minimum absolute atomic E-state index is 0.0904. The molecule has 0 amide bonds. The predicted octanol–water partition coefficient (Wildman–Crippen LogP) is 1.55. The quantitative estimate of drug-likeness (QED) is 0.726. The molecule has 3 heterocycles. The van der Waals surface area contributed by atoms with Crippen LogP contribution in [0.4, 0.5) is 10.2 Å². The summed E-state index contributed by atoms with van der Waals surface area (Å²) in [5.41, 5.74) is 0.641. The normalized spacial score (nSPS) is 18.9. The minimum Gasteiger partial charge on any atom is -0.408 e. The first-order valence-corrected chi connectivity index (χ1v) is 9.80. The van der Waals surface area contributed by atoms with Crippen LogP contribution in [-0.4, -0.2) is 48.4 Å². The Morgan fingerprint density at radius 2 is 2.07 bits per heavy atom. The Bertz CT molecular complexity index is 1140. The third kappa shape index (κ3) is 3.21. The highest BCUT2D eigenvalue weighted by atomic mass is 32.2. The molecule has 1 aliphatic heterocycles. The largest absolute Gasteiger partial charge is 0.417 e. The van der Waals surface area contributed by atoms with Gasteiger partial charge in [0.2, 0.25) is 10.0 Å². The van der Waals surface area contributed by atoms with Gasteiger partial charge in [-0.3, -0.25) is 4.98 Å². The van der Waals surface area contributed by atoms with E-state index >= 15 is 0 Å². The van der Waals surface area contributed by atoms with Gasteiger partial charge in [-0.05, 0) is 37.3 Å². The number of piperazine rings is 1. The SMILES string of the molecule is CC1CN(S(=O)(=O)c2ccc3oc(=O)[nH]c3c2)CCN1c1ccc(F)cn1. The van der Waals surface area contributed by atoms with E-state index in [-0.39, 0.29) is 24.0 Å². The first kappa shape index (κ1) is 17.7. The van der Waals surface area contributed by atoms with Crippen LogP contribution in [0.15, 0.2) is 50.6 Å². The van der Waals surface area contributed by atoms with Crippen molar-refractivity contribution in [3.8, 4) is 0 Å². The second-order valence-electron chi connectivity index (χ2n) is 6.41. The molecule has 1 N–H and O–H groups in total. The fraction of sp³-hybridized carbons (Fsp3) is 0.294. The molecule has 0 radical (unpaired) electrons. The molecule has 4 rings (SSSR count). The molecule has 1 aliphatic rings. The lowest BCUT2D eigenvalue weighted by atomic mass is 10.2. The van der Waals surface area contributed by atoms with Crippen molar-refractivity contribution in [3.63, 3.8) is 0 Å². The van der Waals surface area contributed by atoms with Crippen molar-refractivity contribution in [2.24, 2.45) is 0 Å². The van der Waals surface area contributed by atoms with Crippen molar-refractivity contribution in [1.82, 2.24) is 14.3 Å². The van der Waals surface area contributed by atoms with Gasteiger partial charge in [0.05, 0.1) is 16.6 Å². The van der Waals surface area contributed by atoms with E-state index in [1.54, 1.807) is 6.07 Å². The van der Waals surface area contributed by atoms with Gasteiger partial charge in [0.15, 0.2) is 5.58 Å². The van der Waals surface area contributed by atoms with Crippen LogP contribution in [0.1, 0.15) is 6.92 Å². The predicted molar refractivity (Wildman–Crippen MR) is 96.6 cm³/mol. The zero-order valence-corrected chi connectivity index (χ0v) is 15.2. The molecule has 1 unspecified atom stereocenters. The molecule has 10 heteroatoms. The number of oxazole rings is 1. The van der Waals surface area contributed by atoms with Crippen molar-refractivity contribution in [3.05, 3.63) is 52.9 Å². The molecule has 8 nitrogen and oxygen atoms in total. The number of fused-ring (bicyclic) bond motifs is 1. The number of nitrogens with one attached hydrogen (secondary N) is 1. The van der Waals surface area contributed by atoms with Crippen molar-refractivity contribution < 1.29 is 17.2 Å². The highest BCUT2D eigenvalue weighted by Gasteiger charge is 2.33. The molecule has 1 saturated heterocycles. The molecule has 27 heavy (non-hydrogen) atoms. The Balaban J connectivity index is 1.57. The van der Waals surface area contributed by atoms with Crippen LogP contribution >= 0.6 is 0 Å². The average molecular weight is 392 g/mol. The number of H-pyrrole nitrogens is 1. The molecule has 0 bridgehead atoms. The summed E-state index contributed by atoms with van der Waals surface area (Å²) in [7, 11) is -3.73. The highest BCUT2D eigenvalue weighted by Crippen LogP contribution is 2.25. The van der Waals surface area contributed by atoms with Gasteiger partial charge >= 0.3 is 5.76 Å². The molecule has 0 saturated carbocycles. The molecule has 3 aromatic rings. The molecule has 0 spiro atoms. The van der Waals surface area contributed by atoms with Crippen LogP contribution in [0.3, 0.4) is 0 Å². The van der Waals surface area contributed by atoms with Gasteiger partial charge in [-0.1, -0.05) is 0 Å². The molecular formula is C17H17FN4O4S. The van der Waals surface area contributed by atoms with E-state index in [1.165, 1.54) is 28.6 Å². The van der Waals surface area contributed by atoms with Crippen molar-refractivity contribution in [2.45, 2.75) is 17.9 Å². The third-order valence-corrected chi connectivity index (χ3v) is 6.49. The standard InChI is InChI=1S/C17H17FN4O4S/c1-11-10-21(6-7-22(11)16-5-2-12(18)9-19-16)27(24,25)13-3-4-15-14(8-13)20-17(23)26-15/h2-5,8-9,11H,6-7,10H2,1H3,(H,20,23). The van der Waals surface area contributed by atoms with E-state index in [0.29, 0.717) is 23.5 Å². The van der Waals surface area contributed by atoms with E-state index in [9.17, 15) is 17.6 Å².